The van der Waals surface area contributed by atoms with Crippen molar-refractivity contribution in [2.24, 2.45) is 0 Å². The molecule has 4 aliphatic heterocycles. The quantitative estimate of drug-likeness (QED) is 0.749. The van der Waals surface area contributed by atoms with Gasteiger partial charge in [0.2, 0.25) is 0 Å². The van der Waals surface area contributed by atoms with Crippen molar-refractivity contribution in [1.82, 2.24) is 4.90 Å². The fourth-order valence-corrected chi connectivity index (χ4v) is 6.35. The van der Waals surface area contributed by atoms with Gasteiger partial charge < -0.3 is 4.74 Å². The lowest BCUT2D eigenvalue weighted by Gasteiger charge is -2.52. The summed E-state index contributed by atoms with van der Waals surface area (Å²) in [5.74, 6) is 1.14. The monoisotopic (exact) mass is 307 g/mol. The second-order valence-electron chi connectivity index (χ2n) is 6.95. The normalized spacial score (nSPS) is 42.0. The average molecular weight is 307 g/mol. The minimum absolute atomic E-state index is 0.0879. The summed E-state index contributed by atoms with van der Waals surface area (Å²) in [5, 5.41) is 0.649. The molecule has 4 heteroatoms. The van der Waals surface area contributed by atoms with E-state index in [-0.39, 0.29) is 11.6 Å². The van der Waals surface area contributed by atoms with Gasteiger partial charge in [-0.15, -0.1) is 0 Å². The molecule has 116 valence electrons. The average Bonchev–Trinajstić information content (AvgIpc) is 2.68. The summed E-state index contributed by atoms with van der Waals surface area (Å²) in [6.45, 7) is 3.46. The van der Waals surface area contributed by atoms with Crippen molar-refractivity contribution in [2.75, 3.05) is 12.3 Å². The summed E-state index contributed by atoms with van der Waals surface area (Å²) in [6, 6.07) is 1.15. The molecule has 4 fully saturated rings. The Morgan fingerprint density at radius 1 is 1.43 bits per heavy atom. The molecule has 0 aromatic rings. The van der Waals surface area contributed by atoms with E-state index in [1.54, 1.807) is 0 Å². The lowest BCUT2D eigenvalue weighted by Crippen LogP contribution is -2.62. The number of piperidine rings is 2. The molecule has 4 heterocycles. The van der Waals surface area contributed by atoms with E-state index in [9.17, 15) is 4.79 Å². The van der Waals surface area contributed by atoms with Crippen LogP contribution in [-0.2, 0) is 9.53 Å². The first-order chi connectivity index (χ1) is 10.2. The molecule has 0 N–H and O–H groups in total. The van der Waals surface area contributed by atoms with Gasteiger partial charge >= 0.3 is 5.97 Å². The van der Waals surface area contributed by atoms with Gasteiger partial charge in [0.15, 0.2) is 0 Å². The highest BCUT2D eigenvalue weighted by molar-refractivity contribution is 7.99. The van der Waals surface area contributed by atoms with Crippen LogP contribution in [0.2, 0.25) is 0 Å². The second kappa shape index (κ2) is 5.31. The third kappa shape index (κ3) is 2.09. The summed E-state index contributed by atoms with van der Waals surface area (Å²) in [5.41, 5.74) is 1.06. The zero-order chi connectivity index (χ0) is 14.4. The molecule has 4 atom stereocenters. The first-order valence-corrected chi connectivity index (χ1v) is 9.61. The standard InChI is InChI=1S/C17H25NO2S/c1-2-9-21-14-10-12-11-16(19)20-17(12)7-6-13(14)18-8-4-3-5-15(17)18/h11,13-15H,2-10H2,1H3/t13-,14?,15+,17-/m0/s1. The molecular weight excluding hydrogens is 282 g/mol. The molecule has 3 nitrogen and oxygen atoms in total. The van der Waals surface area contributed by atoms with Crippen LogP contribution in [0.25, 0.3) is 0 Å². The lowest BCUT2D eigenvalue weighted by atomic mass is 9.76. The Morgan fingerprint density at radius 3 is 3.19 bits per heavy atom. The minimum Gasteiger partial charge on any atom is -0.450 e. The van der Waals surface area contributed by atoms with E-state index in [1.807, 2.05) is 6.08 Å². The SMILES string of the molecule is CCCSC1CC2=CC(=O)O[C@@]23CC[C@@H]1N1CCCC[C@@H]13. The highest BCUT2D eigenvalue weighted by atomic mass is 32.2. The largest absolute Gasteiger partial charge is 0.450 e. The van der Waals surface area contributed by atoms with E-state index in [2.05, 4.69) is 23.6 Å². The number of fused-ring (bicyclic) bond motifs is 2. The molecule has 5 aliphatic rings. The molecule has 0 radical (unpaired) electrons. The predicted molar refractivity (Wildman–Crippen MR) is 85.4 cm³/mol. The van der Waals surface area contributed by atoms with Crippen molar-refractivity contribution >= 4 is 17.7 Å². The van der Waals surface area contributed by atoms with E-state index in [0.29, 0.717) is 17.3 Å². The van der Waals surface area contributed by atoms with Crippen LogP contribution in [0.15, 0.2) is 11.6 Å². The smallest absolute Gasteiger partial charge is 0.331 e. The van der Waals surface area contributed by atoms with Crippen molar-refractivity contribution in [3.8, 4) is 0 Å². The number of hydrogen-bond donors (Lipinski definition) is 0. The Kier molecular flexibility index (Phi) is 3.57. The Labute approximate surface area is 131 Å². The van der Waals surface area contributed by atoms with Crippen LogP contribution in [0.4, 0.5) is 0 Å². The van der Waals surface area contributed by atoms with E-state index >= 15 is 0 Å². The van der Waals surface area contributed by atoms with Gasteiger partial charge in [-0.1, -0.05) is 13.3 Å². The highest BCUT2D eigenvalue weighted by Crippen LogP contribution is 2.53. The molecular formula is C17H25NO2S. The summed E-state index contributed by atoms with van der Waals surface area (Å²) in [7, 11) is 0. The second-order valence-corrected chi connectivity index (χ2v) is 8.30. The van der Waals surface area contributed by atoms with E-state index < -0.39 is 0 Å². The maximum atomic E-state index is 12.0. The van der Waals surface area contributed by atoms with Crippen molar-refractivity contribution in [3.63, 3.8) is 0 Å². The number of carbonyl (C=O) groups excluding carboxylic acids is 1. The molecule has 0 aromatic carbocycles. The molecule has 2 bridgehead atoms. The molecule has 1 saturated carbocycles. The summed E-state index contributed by atoms with van der Waals surface area (Å²) in [6.07, 6.45) is 10.2. The Morgan fingerprint density at radius 2 is 2.33 bits per heavy atom. The first-order valence-electron chi connectivity index (χ1n) is 8.56. The van der Waals surface area contributed by atoms with Gasteiger partial charge in [-0.2, -0.15) is 11.8 Å². The van der Waals surface area contributed by atoms with E-state index in [4.69, 9.17) is 4.74 Å². The highest BCUT2D eigenvalue weighted by Gasteiger charge is 2.59. The first kappa shape index (κ1) is 14.1. The molecule has 21 heavy (non-hydrogen) atoms. The fraction of sp³-hybridized carbons (Fsp3) is 0.824. The van der Waals surface area contributed by atoms with Crippen LogP contribution in [0, 0.1) is 0 Å². The fourth-order valence-electron chi connectivity index (χ4n) is 5.00. The van der Waals surface area contributed by atoms with E-state index in [1.165, 1.54) is 50.0 Å². The Balaban J connectivity index is 1.72. The third-order valence-electron chi connectivity index (χ3n) is 5.82. The van der Waals surface area contributed by atoms with Gasteiger partial charge in [0.25, 0.3) is 0 Å². The number of thioether (sulfide) groups is 1. The summed E-state index contributed by atoms with van der Waals surface area (Å²) >= 11 is 2.12. The molecule has 1 aliphatic carbocycles. The Bertz CT molecular complexity index is 477. The van der Waals surface area contributed by atoms with Crippen molar-refractivity contribution in [3.05, 3.63) is 11.6 Å². The van der Waals surface area contributed by atoms with Crippen molar-refractivity contribution in [2.45, 2.75) is 74.8 Å². The van der Waals surface area contributed by atoms with Crippen LogP contribution in [0.1, 0.15) is 51.9 Å². The number of carbonyl (C=O) groups is 1. The molecule has 0 amide bonds. The summed E-state index contributed by atoms with van der Waals surface area (Å²) in [4.78, 5) is 14.7. The molecule has 0 aromatic heterocycles. The Hall–Kier alpha value is -0.480. The molecule has 3 saturated heterocycles. The van der Waals surface area contributed by atoms with Crippen LogP contribution in [0.3, 0.4) is 0 Å². The van der Waals surface area contributed by atoms with Crippen LogP contribution < -0.4 is 0 Å². The maximum Gasteiger partial charge on any atom is 0.331 e. The van der Waals surface area contributed by atoms with Gasteiger partial charge in [0.05, 0.1) is 6.04 Å². The molecule has 1 unspecified atom stereocenters. The maximum absolute atomic E-state index is 12.0. The van der Waals surface area contributed by atoms with Crippen LogP contribution in [0.5, 0.6) is 0 Å². The van der Waals surface area contributed by atoms with Gasteiger partial charge in [0.1, 0.15) is 5.60 Å². The van der Waals surface area contributed by atoms with Gasteiger partial charge in [-0.05, 0) is 56.4 Å². The number of esters is 1. The van der Waals surface area contributed by atoms with Crippen LogP contribution >= 0.6 is 11.8 Å². The molecule has 1 spiro atoms. The number of hydrogen-bond acceptors (Lipinski definition) is 4. The zero-order valence-electron chi connectivity index (χ0n) is 12.8. The molecule has 5 rings (SSSR count). The predicted octanol–water partition coefficient (Wildman–Crippen LogP) is 3.14. The van der Waals surface area contributed by atoms with Crippen molar-refractivity contribution in [1.29, 1.82) is 0 Å². The zero-order valence-corrected chi connectivity index (χ0v) is 13.7. The number of ether oxygens (including phenoxy) is 1. The lowest BCUT2D eigenvalue weighted by molar-refractivity contribution is -0.160. The number of rotatable bonds is 3. The number of nitrogens with zero attached hydrogens (tertiary/aromatic N) is 1. The van der Waals surface area contributed by atoms with Gasteiger partial charge in [-0.25, -0.2) is 4.79 Å². The van der Waals surface area contributed by atoms with Crippen LogP contribution in [-0.4, -0.2) is 46.1 Å². The topological polar surface area (TPSA) is 29.5 Å². The van der Waals surface area contributed by atoms with Gasteiger partial charge in [-0.3, -0.25) is 4.90 Å². The van der Waals surface area contributed by atoms with E-state index in [0.717, 1.165) is 12.8 Å². The van der Waals surface area contributed by atoms with Gasteiger partial charge in [0, 0.05) is 17.4 Å². The minimum atomic E-state index is -0.254. The van der Waals surface area contributed by atoms with Crippen molar-refractivity contribution < 1.29 is 9.53 Å². The third-order valence-corrected chi connectivity index (χ3v) is 7.38. The summed E-state index contributed by atoms with van der Waals surface area (Å²) < 4.78 is 5.96.